The van der Waals surface area contributed by atoms with E-state index < -0.39 is 105 Å². The van der Waals surface area contributed by atoms with Gasteiger partial charge in [-0.3, -0.25) is 4.79 Å². The van der Waals surface area contributed by atoms with Crippen molar-refractivity contribution in [3.63, 3.8) is 0 Å². The lowest BCUT2D eigenvalue weighted by molar-refractivity contribution is -0.368. The zero-order chi connectivity index (χ0) is 38.5. The molecule has 0 spiro atoms. The first-order valence-corrected chi connectivity index (χ1v) is 15.2. The fourth-order valence-electron chi connectivity index (χ4n) is 6.92. The highest BCUT2D eigenvalue weighted by Crippen LogP contribution is 2.57. The molecule has 4 aliphatic heterocycles. The summed E-state index contributed by atoms with van der Waals surface area (Å²) in [6.07, 6.45) is -8.49. The van der Waals surface area contributed by atoms with Crippen LogP contribution in [0.1, 0.15) is 50.8 Å². The van der Waals surface area contributed by atoms with Crippen LogP contribution in [0, 0.1) is 11.8 Å². The predicted octanol–water partition coefficient (Wildman–Crippen LogP) is 2.75. The fourth-order valence-corrected chi connectivity index (χ4v) is 7.62. The van der Waals surface area contributed by atoms with E-state index in [9.17, 15) is 20.1 Å². The second kappa shape index (κ2) is 11.6. The third kappa shape index (κ3) is 4.70. The van der Waals surface area contributed by atoms with Gasteiger partial charge in [0.15, 0.2) is 35.6 Å². The smallest absolute Gasteiger partial charge is 0.310 e. The molecule has 0 unspecified atom stereocenters. The molecule has 2 aromatic carbocycles. The lowest BCUT2D eigenvalue weighted by Gasteiger charge is -2.48. The molecule has 5 aliphatic rings. The van der Waals surface area contributed by atoms with Crippen LogP contribution in [0.4, 0.5) is 0 Å². The van der Waals surface area contributed by atoms with E-state index in [4.69, 9.17) is 53.6 Å². The molecule has 3 N–H and O–H groups in total. The van der Waals surface area contributed by atoms with E-state index in [1.807, 2.05) is 11.4 Å². The maximum absolute atomic E-state index is 13.7. The Balaban J connectivity index is 1.20. The van der Waals surface area contributed by atoms with Crippen molar-refractivity contribution in [3.8, 4) is 28.7 Å². The van der Waals surface area contributed by atoms with Crippen molar-refractivity contribution in [2.24, 2.45) is 11.8 Å². The highest BCUT2D eigenvalue weighted by atomic mass is 32.1. The second-order valence-corrected chi connectivity index (χ2v) is 12.4. The van der Waals surface area contributed by atoms with Gasteiger partial charge in [0, 0.05) is 11.8 Å². The number of carbonyl (C=O) groups excluding carboxylic acids is 1. The van der Waals surface area contributed by atoms with Crippen LogP contribution in [0.25, 0.3) is 0 Å². The first-order chi connectivity index (χ1) is 25.4. The number of phenolic OH excluding ortho intramolecular Hbond substituents is 1. The van der Waals surface area contributed by atoms with Gasteiger partial charge in [-0.25, -0.2) is 0 Å². The van der Waals surface area contributed by atoms with Crippen molar-refractivity contribution < 1.29 is 73.7 Å². The third-order valence-electron chi connectivity index (χ3n) is 9.02. The summed E-state index contributed by atoms with van der Waals surface area (Å²) < 4.78 is 113. The maximum Gasteiger partial charge on any atom is 0.310 e. The van der Waals surface area contributed by atoms with Crippen molar-refractivity contribution in [2.45, 2.75) is 49.0 Å². The van der Waals surface area contributed by atoms with E-state index in [0.29, 0.717) is 0 Å². The average Bonchev–Trinajstić information content (AvgIpc) is 3.81. The number of hydrogen-bond donors (Lipinski definition) is 3. The van der Waals surface area contributed by atoms with Crippen molar-refractivity contribution >= 4 is 17.3 Å². The number of fused-ring (bicyclic) bond motifs is 4. The molecule has 14 heteroatoms. The average molecular weight is 665 g/mol. The van der Waals surface area contributed by atoms with E-state index in [-0.39, 0.29) is 41.4 Å². The summed E-state index contributed by atoms with van der Waals surface area (Å²) >= 11 is 1.39. The van der Waals surface area contributed by atoms with E-state index in [1.54, 1.807) is 6.07 Å². The molecule has 46 heavy (non-hydrogen) atoms. The molecule has 13 nitrogen and oxygen atoms in total. The van der Waals surface area contributed by atoms with Gasteiger partial charge in [0.2, 0.25) is 12.5 Å². The number of aliphatic hydroxyl groups excluding tert-OH is 2. The summed E-state index contributed by atoms with van der Waals surface area (Å²) in [5.41, 5.74) is 0.550. The number of aliphatic hydroxyl groups is 2. The molecular weight excluding hydrogens is 624 g/mol. The van der Waals surface area contributed by atoms with Crippen LogP contribution in [0.2, 0.25) is 0 Å². The minimum absolute atomic E-state index is 0.0240. The van der Waals surface area contributed by atoms with Gasteiger partial charge in [0.05, 0.1) is 52.4 Å². The van der Waals surface area contributed by atoms with E-state index in [0.717, 1.165) is 17.0 Å². The Morgan fingerprint density at radius 3 is 2.46 bits per heavy atom. The van der Waals surface area contributed by atoms with Gasteiger partial charge in [0.1, 0.15) is 27.2 Å². The van der Waals surface area contributed by atoms with Crippen LogP contribution in [0.3, 0.4) is 0 Å². The molecule has 3 aromatic rings. The Morgan fingerprint density at radius 2 is 1.74 bits per heavy atom. The largest absolute Gasteiger partial charge is 0.502 e. The first-order valence-electron chi connectivity index (χ1n) is 18.3. The van der Waals surface area contributed by atoms with Crippen LogP contribution < -0.4 is 18.9 Å². The zero-order valence-corrected chi connectivity index (χ0v) is 24.4. The van der Waals surface area contributed by atoms with E-state index in [1.165, 1.54) is 23.5 Å². The molecule has 0 bridgehead atoms. The summed E-state index contributed by atoms with van der Waals surface area (Å²) in [6, 6.07) is 8.66. The predicted molar refractivity (Wildman–Crippen MR) is 156 cm³/mol. The minimum Gasteiger partial charge on any atom is -0.502 e. The standard InChI is InChI=1S/C32H32O13S/c1-37-19-6-13(7-20(38-2)25(19)33)23-14-8-17-18(42-12-41-17)9-15(14)28(16-10-39-30(36)24(16)23)44-32-27(35)26(34)29-21(43-32)11-40-31(45-29)22-4-3-5-46-22/h3-9,16,21,23-24,26-29,31-35H,10-12H2,1-2H3/t16-,21+,23+,24-,26+,27+,28+,29+,31+,32-/m0/s1/i1D3,2D3,12D2. The number of methoxy groups -OCH3 is 2. The van der Waals surface area contributed by atoms with Crippen LogP contribution in [0.15, 0.2) is 41.8 Å². The maximum atomic E-state index is 13.7. The molecular formula is C32H32O13S. The SMILES string of the molecule is [2H]C([2H])([2H])Oc1cc([C@@H]2c3cc4c(cc3[C@@H](O[C@@H]3O[C@@H]5CO[C@@H](c6cccs6)O[C@H]5[C@H](O)[C@H]3O)[C@H]3COC(=O)[C@H]23)OC([2H])([2H])O4)cc(OC([2H])([2H])[2H])c1O. The Labute approximate surface area is 278 Å². The lowest BCUT2D eigenvalue weighted by Crippen LogP contribution is -2.62. The summed E-state index contributed by atoms with van der Waals surface area (Å²) in [4.78, 5) is 14.4. The topological polar surface area (TPSA) is 161 Å². The monoisotopic (exact) mass is 664 g/mol. The number of phenols is 1. The number of hydrogen-bond acceptors (Lipinski definition) is 14. The zero-order valence-electron chi connectivity index (χ0n) is 31.6. The molecule has 0 radical (unpaired) electrons. The van der Waals surface area contributed by atoms with Gasteiger partial charge in [-0.1, -0.05) is 6.07 Å². The molecule has 5 heterocycles. The molecule has 0 amide bonds. The Hall–Kier alpha value is -3.63. The number of thiophene rings is 1. The van der Waals surface area contributed by atoms with Crippen molar-refractivity contribution in [1.29, 1.82) is 0 Å². The van der Waals surface area contributed by atoms with E-state index >= 15 is 0 Å². The minimum atomic E-state index is -3.10. The van der Waals surface area contributed by atoms with Crippen molar-refractivity contribution in [1.82, 2.24) is 0 Å². The van der Waals surface area contributed by atoms with Crippen molar-refractivity contribution in [2.75, 3.05) is 34.0 Å². The van der Waals surface area contributed by atoms with Gasteiger partial charge < -0.3 is 58.0 Å². The summed E-state index contributed by atoms with van der Waals surface area (Å²) in [5.74, 6) is -6.29. The molecule has 1 aliphatic carbocycles. The van der Waals surface area contributed by atoms with Gasteiger partial charge in [-0.2, -0.15) is 0 Å². The first kappa shape index (κ1) is 22.0. The fraction of sp³-hybridized carbons (Fsp3) is 0.469. The highest BCUT2D eigenvalue weighted by molar-refractivity contribution is 7.10. The summed E-state index contributed by atoms with van der Waals surface area (Å²) in [7, 11) is -6.21. The number of aromatic hydroxyl groups is 1. The van der Waals surface area contributed by atoms with Crippen LogP contribution in [-0.4, -0.2) is 86.0 Å². The molecule has 3 saturated heterocycles. The third-order valence-corrected chi connectivity index (χ3v) is 9.92. The Kier molecular flexibility index (Phi) is 5.54. The van der Waals surface area contributed by atoms with Gasteiger partial charge in [0.25, 0.3) is 0 Å². The highest BCUT2D eigenvalue weighted by Gasteiger charge is 2.56. The number of benzene rings is 2. The molecule has 0 saturated carbocycles. The molecule has 3 fully saturated rings. The van der Waals surface area contributed by atoms with Crippen molar-refractivity contribution in [3.05, 3.63) is 63.3 Å². The van der Waals surface area contributed by atoms with Gasteiger partial charge >= 0.3 is 5.97 Å². The molecule has 10 atom stereocenters. The second-order valence-electron chi connectivity index (χ2n) is 11.4. The summed E-state index contributed by atoms with van der Waals surface area (Å²) in [6.45, 7) is -2.85. The molecule has 1 aromatic heterocycles. The number of ether oxygens (including phenoxy) is 9. The van der Waals surface area contributed by atoms with E-state index in [2.05, 4.69) is 0 Å². The molecule has 8 rings (SSSR count). The van der Waals surface area contributed by atoms with Crippen LogP contribution in [-0.2, 0) is 28.5 Å². The molecule has 244 valence electrons. The number of carbonyl (C=O) groups is 1. The normalized spacial score (nSPS) is 38.5. The summed E-state index contributed by atoms with van der Waals surface area (Å²) in [5, 5.41) is 35.3. The van der Waals surface area contributed by atoms with Crippen LogP contribution in [0.5, 0.6) is 28.7 Å². The lowest BCUT2D eigenvalue weighted by atomic mass is 9.66. The quantitative estimate of drug-likeness (QED) is 0.331. The number of rotatable bonds is 6. The van der Waals surface area contributed by atoms with Gasteiger partial charge in [-0.05, 0) is 52.4 Å². The van der Waals surface area contributed by atoms with Crippen LogP contribution >= 0.6 is 11.3 Å². The Morgan fingerprint density at radius 1 is 0.978 bits per heavy atom. The Bertz CT molecular complexity index is 1890. The number of esters is 1. The number of cyclic esters (lactones) is 1. The van der Waals surface area contributed by atoms with Gasteiger partial charge in [-0.15, -0.1) is 11.3 Å².